The van der Waals surface area contributed by atoms with Gasteiger partial charge in [-0.3, -0.25) is 4.98 Å². The first-order chi connectivity index (χ1) is 31.6. The van der Waals surface area contributed by atoms with Gasteiger partial charge in [0.2, 0.25) is 0 Å². The number of rotatable bonds is 6. The second-order valence-electron chi connectivity index (χ2n) is 16.8. The molecule has 0 fully saturated rings. The number of fused-ring (bicyclic) bond motifs is 7. The molecule has 0 radical (unpaired) electrons. The van der Waals surface area contributed by atoms with Crippen molar-refractivity contribution in [2.24, 2.45) is 0 Å². The normalized spacial score (nSPS) is 13.5. The average Bonchev–Trinajstić information content (AvgIpc) is 3.96. The Hall–Kier alpha value is -7.08. The molecule has 0 unspecified atom stereocenters. The monoisotopic (exact) mass is 1020 g/mol. The Kier molecular flexibility index (Phi) is 10.5. The Labute approximate surface area is 395 Å². The molecule has 8 aromatic carbocycles. The fraction of sp³-hybridized carbons (Fsp3) is 0.0877. The molecule has 0 bridgehead atoms. The zero-order chi connectivity index (χ0) is 42.7. The zero-order valence-corrected chi connectivity index (χ0v) is 38.3. The second kappa shape index (κ2) is 16.8. The van der Waals surface area contributed by atoms with E-state index in [-0.39, 0.29) is 28.0 Å². The number of benzene rings is 8. The van der Waals surface area contributed by atoms with Crippen LogP contribution >= 0.6 is 0 Å². The Balaban J connectivity index is 0.00000469. The third-order valence-corrected chi connectivity index (χ3v) is 13.1. The summed E-state index contributed by atoms with van der Waals surface area (Å²) in [6.45, 7) is 4.35. The van der Waals surface area contributed by atoms with Gasteiger partial charge < -0.3 is 23.8 Å². The third kappa shape index (κ3) is 6.97. The molecule has 4 heterocycles. The molecule has 0 saturated carbocycles. The Morgan fingerprint density at radius 2 is 1.20 bits per heavy atom. The van der Waals surface area contributed by atoms with Crippen molar-refractivity contribution in [3.8, 4) is 56.4 Å². The maximum Gasteiger partial charge on any atom is 0.399 e. The summed E-state index contributed by atoms with van der Waals surface area (Å²) in [5.74, 6) is 2.08. The van der Waals surface area contributed by atoms with Crippen molar-refractivity contribution >= 4 is 40.9 Å². The summed E-state index contributed by atoms with van der Waals surface area (Å²) in [4.78, 5) is 12.1. The van der Waals surface area contributed by atoms with Crippen molar-refractivity contribution < 1.29 is 25.8 Å². The molecule has 0 saturated heterocycles. The SMILES string of the molecule is Cc1cccc2c1B1N(C)c3ccc(Oc4[c-]c(N5[CH-]N(c6c(-c7ccccc7)cccc6-c6ccccc6)c6ccccc65)ccc4)[c-]c3-c3ncc(n31)-c1ccccc1CCC2.[Pt]. The van der Waals surface area contributed by atoms with Crippen LogP contribution in [0.25, 0.3) is 44.9 Å². The van der Waals surface area contributed by atoms with Gasteiger partial charge in [-0.2, -0.15) is 6.07 Å². The molecular weight excluding hydrogens is 977 g/mol. The van der Waals surface area contributed by atoms with Gasteiger partial charge in [-0.15, -0.1) is 36.6 Å². The maximum atomic E-state index is 6.71. The summed E-state index contributed by atoms with van der Waals surface area (Å²) in [7, 11) is 2.20. The summed E-state index contributed by atoms with van der Waals surface area (Å²) in [5, 5.41) is 0. The van der Waals surface area contributed by atoms with Crippen molar-refractivity contribution in [2.75, 3.05) is 21.7 Å². The average molecular weight is 1020 g/mol. The number of nitrogens with zero attached hydrogens (tertiary/aromatic N) is 5. The number of hydrogen-bond donors (Lipinski definition) is 0. The van der Waals surface area contributed by atoms with Crippen LogP contribution in [0.15, 0.2) is 182 Å². The second-order valence-corrected chi connectivity index (χ2v) is 16.8. The van der Waals surface area contributed by atoms with E-state index in [0.717, 1.165) is 87.0 Å². The van der Waals surface area contributed by atoms with E-state index in [4.69, 9.17) is 9.72 Å². The van der Waals surface area contributed by atoms with Crippen LogP contribution in [0.5, 0.6) is 11.5 Å². The van der Waals surface area contributed by atoms with Crippen LogP contribution in [0.2, 0.25) is 0 Å². The van der Waals surface area contributed by atoms with Gasteiger partial charge in [0.25, 0.3) is 0 Å². The van der Waals surface area contributed by atoms with E-state index in [1.165, 1.54) is 27.7 Å². The summed E-state index contributed by atoms with van der Waals surface area (Å²) >= 11 is 0. The van der Waals surface area contributed by atoms with E-state index < -0.39 is 0 Å². The minimum Gasteiger partial charge on any atom is -0.503 e. The Morgan fingerprint density at radius 1 is 0.585 bits per heavy atom. The fourth-order valence-electron chi connectivity index (χ4n) is 10.1. The first kappa shape index (κ1) is 40.7. The molecule has 0 spiro atoms. The van der Waals surface area contributed by atoms with Gasteiger partial charge in [-0.1, -0.05) is 162 Å². The molecule has 9 aromatic rings. The Morgan fingerprint density at radius 3 is 1.97 bits per heavy atom. The minimum atomic E-state index is -0.0740. The molecule has 12 rings (SSSR count). The Bertz CT molecular complexity index is 3170. The molecule has 318 valence electrons. The van der Waals surface area contributed by atoms with Gasteiger partial charge in [0.1, 0.15) is 0 Å². The molecule has 65 heavy (non-hydrogen) atoms. The van der Waals surface area contributed by atoms with E-state index in [1.807, 2.05) is 18.2 Å². The van der Waals surface area contributed by atoms with Crippen molar-refractivity contribution in [1.29, 1.82) is 0 Å². The van der Waals surface area contributed by atoms with Crippen LogP contribution in [0.1, 0.15) is 23.1 Å². The summed E-state index contributed by atoms with van der Waals surface area (Å²) < 4.78 is 9.14. The van der Waals surface area contributed by atoms with E-state index in [2.05, 4.69) is 216 Å². The smallest absolute Gasteiger partial charge is 0.399 e. The van der Waals surface area contributed by atoms with Crippen LogP contribution in [0.3, 0.4) is 0 Å². The molecule has 3 aliphatic heterocycles. The summed E-state index contributed by atoms with van der Waals surface area (Å²) in [6.07, 6.45) is 5.17. The third-order valence-electron chi connectivity index (χ3n) is 13.1. The van der Waals surface area contributed by atoms with Gasteiger partial charge in [0.15, 0.2) is 0 Å². The molecule has 1 aromatic heterocycles. The number of para-hydroxylation sites is 3. The van der Waals surface area contributed by atoms with E-state index >= 15 is 0 Å². The van der Waals surface area contributed by atoms with Crippen molar-refractivity contribution in [3.05, 3.63) is 218 Å². The first-order valence-electron chi connectivity index (χ1n) is 22.1. The topological polar surface area (TPSA) is 36.8 Å². The maximum absolute atomic E-state index is 6.71. The largest absolute Gasteiger partial charge is 0.503 e. The van der Waals surface area contributed by atoms with E-state index in [1.54, 1.807) is 0 Å². The van der Waals surface area contributed by atoms with Gasteiger partial charge in [0.05, 0.1) is 0 Å². The molecule has 0 aliphatic carbocycles. The summed E-state index contributed by atoms with van der Waals surface area (Å²) in [6, 6.07) is 69.6. The molecule has 0 N–H and O–H groups in total. The quantitative estimate of drug-likeness (QED) is 0.123. The number of aromatic nitrogens is 2. The molecule has 0 atom stereocenters. The summed E-state index contributed by atoms with van der Waals surface area (Å²) in [5.41, 5.74) is 18.4. The van der Waals surface area contributed by atoms with Crippen molar-refractivity contribution in [1.82, 2.24) is 9.46 Å². The van der Waals surface area contributed by atoms with Crippen LogP contribution in [0.4, 0.5) is 28.4 Å². The molecule has 3 aliphatic rings. The van der Waals surface area contributed by atoms with Crippen molar-refractivity contribution in [3.63, 3.8) is 0 Å². The minimum absolute atomic E-state index is 0. The fourth-order valence-corrected chi connectivity index (χ4v) is 10.1. The molecule has 8 heteroatoms. The van der Waals surface area contributed by atoms with Crippen LogP contribution < -0.4 is 24.8 Å². The number of aryl methyl sites for hydroxylation is 3. The predicted octanol–water partition coefficient (Wildman–Crippen LogP) is 12.8. The van der Waals surface area contributed by atoms with Crippen LogP contribution in [-0.4, -0.2) is 23.5 Å². The number of imidazole rings is 1. The van der Waals surface area contributed by atoms with Gasteiger partial charge in [-0.25, -0.2) is 0 Å². The molecule has 0 amide bonds. The van der Waals surface area contributed by atoms with Crippen molar-refractivity contribution in [2.45, 2.75) is 26.2 Å². The predicted molar refractivity (Wildman–Crippen MR) is 262 cm³/mol. The van der Waals surface area contributed by atoms with Gasteiger partial charge in [0, 0.05) is 84.0 Å². The molecule has 6 nitrogen and oxygen atoms in total. The zero-order valence-electron chi connectivity index (χ0n) is 36.1. The molecular formula is C57H43BN5OPt-3. The van der Waals surface area contributed by atoms with E-state index in [9.17, 15) is 0 Å². The van der Waals surface area contributed by atoms with Crippen LogP contribution in [-0.2, 0) is 33.9 Å². The number of ether oxygens (including phenoxy) is 1. The van der Waals surface area contributed by atoms with Crippen LogP contribution in [0, 0.1) is 25.7 Å². The standard InChI is InChI=1S/C57H43BN5O.Pt/c1-39-17-13-24-43-25-14-23-40-22-9-10-28-47(40)54-37-59-57-50-36-46(33-34-51(50)60(2)58(55(39)43)63(54)57)64-45-27-15-26-44(35-45)61-38-62(53-32-12-11-31-52(53)61)56-48(41-18-5-3-6-19-41)29-16-30-49(56)42-20-7-4-8-21-42;/h3-13,15-22,24,26-34,37-38H,14,23,25H2,1-2H3;/q-3;. The van der Waals surface area contributed by atoms with E-state index in [0.29, 0.717) is 11.5 Å². The van der Waals surface area contributed by atoms with Gasteiger partial charge in [-0.05, 0) is 73.1 Å². The number of anilines is 5. The number of hydrogen-bond acceptors (Lipinski definition) is 5. The first-order valence-corrected chi connectivity index (χ1v) is 22.1. The van der Waals surface area contributed by atoms with Gasteiger partial charge >= 0.3 is 6.98 Å².